The van der Waals surface area contributed by atoms with Gasteiger partial charge in [0.2, 0.25) is 5.91 Å². The second kappa shape index (κ2) is 5.32. The minimum Gasteiger partial charge on any atom is -0.391 e. The number of carbonyl (C=O) groups excluding carboxylic acids is 1. The molecule has 0 aromatic rings. The van der Waals surface area contributed by atoms with Crippen molar-refractivity contribution < 1.29 is 9.90 Å². The fourth-order valence-corrected chi connectivity index (χ4v) is 1.69. The Morgan fingerprint density at radius 3 is 3.00 bits per heavy atom. The standard InChI is InChI=1S/C10H20N2O2/c1-8(11)4-5-10(14)12-6-2-3-9(13)7-12/h8-9,13H,2-7,11H2,1H3/t8?,9-/m0/s1. The van der Waals surface area contributed by atoms with Crippen LogP contribution in [0.15, 0.2) is 0 Å². The highest BCUT2D eigenvalue weighted by atomic mass is 16.3. The third-order valence-electron chi connectivity index (χ3n) is 2.56. The van der Waals surface area contributed by atoms with Gasteiger partial charge in [-0.05, 0) is 26.2 Å². The van der Waals surface area contributed by atoms with E-state index in [1.54, 1.807) is 4.90 Å². The van der Waals surface area contributed by atoms with E-state index in [-0.39, 0.29) is 18.1 Å². The smallest absolute Gasteiger partial charge is 0.222 e. The van der Waals surface area contributed by atoms with Crippen molar-refractivity contribution in [1.29, 1.82) is 0 Å². The summed E-state index contributed by atoms with van der Waals surface area (Å²) in [7, 11) is 0. The average molecular weight is 200 g/mol. The van der Waals surface area contributed by atoms with Crippen molar-refractivity contribution in [3.05, 3.63) is 0 Å². The average Bonchev–Trinajstić information content (AvgIpc) is 2.14. The van der Waals surface area contributed by atoms with Crippen molar-refractivity contribution >= 4 is 5.91 Å². The molecule has 4 nitrogen and oxygen atoms in total. The number of β-amino-alcohol motifs (C(OH)–C–C–N with tert-alkyl or cyclic N) is 1. The summed E-state index contributed by atoms with van der Waals surface area (Å²) in [5, 5.41) is 9.39. The molecule has 1 saturated heterocycles. The third kappa shape index (κ3) is 3.64. The molecule has 82 valence electrons. The Bertz CT molecular complexity index is 195. The van der Waals surface area contributed by atoms with E-state index in [4.69, 9.17) is 5.73 Å². The number of aliphatic hydroxyl groups is 1. The van der Waals surface area contributed by atoms with E-state index >= 15 is 0 Å². The molecule has 0 aromatic carbocycles. The zero-order valence-electron chi connectivity index (χ0n) is 8.78. The van der Waals surface area contributed by atoms with Crippen LogP contribution in [0.4, 0.5) is 0 Å². The van der Waals surface area contributed by atoms with E-state index in [0.29, 0.717) is 13.0 Å². The predicted octanol–water partition coefficient (Wildman–Crippen LogP) is 0.0971. The lowest BCUT2D eigenvalue weighted by Crippen LogP contribution is -2.42. The van der Waals surface area contributed by atoms with Crippen LogP contribution in [0, 0.1) is 0 Å². The molecule has 4 heteroatoms. The molecule has 1 rings (SSSR count). The molecule has 1 amide bonds. The molecule has 1 heterocycles. The summed E-state index contributed by atoms with van der Waals surface area (Å²) < 4.78 is 0. The van der Waals surface area contributed by atoms with Crippen LogP contribution in [0.2, 0.25) is 0 Å². The molecule has 1 aliphatic rings. The van der Waals surface area contributed by atoms with Crippen molar-refractivity contribution in [2.75, 3.05) is 13.1 Å². The van der Waals surface area contributed by atoms with E-state index < -0.39 is 0 Å². The monoisotopic (exact) mass is 200 g/mol. The van der Waals surface area contributed by atoms with Gasteiger partial charge in [0, 0.05) is 25.6 Å². The molecule has 0 aromatic heterocycles. The second-order valence-corrected chi connectivity index (χ2v) is 4.15. The Morgan fingerprint density at radius 1 is 1.71 bits per heavy atom. The summed E-state index contributed by atoms with van der Waals surface area (Å²) in [6, 6.07) is 0.0775. The molecule has 2 atom stereocenters. The Labute approximate surface area is 85.1 Å². The van der Waals surface area contributed by atoms with Crippen molar-refractivity contribution in [2.24, 2.45) is 5.73 Å². The molecule has 1 unspecified atom stereocenters. The van der Waals surface area contributed by atoms with Gasteiger partial charge in [0.15, 0.2) is 0 Å². The summed E-state index contributed by atoms with van der Waals surface area (Å²) in [4.78, 5) is 13.4. The molecule has 0 saturated carbocycles. The maximum absolute atomic E-state index is 11.6. The molecule has 1 aliphatic heterocycles. The zero-order chi connectivity index (χ0) is 10.6. The van der Waals surface area contributed by atoms with Crippen LogP contribution >= 0.6 is 0 Å². The van der Waals surface area contributed by atoms with Crippen LogP contribution in [-0.4, -0.2) is 41.1 Å². The highest BCUT2D eigenvalue weighted by Crippen LogP contribution is 2.11. The number of aliphatic hydroxyl groups excluding tert-OH is 1. The van der Waals surface area contributed by atoms with E-state index in [9.17, 15) is 9.90 Å². The van der Waals surface area contributed by atoms with Crippen LogP contribution in [0.1, 0.15) is 32.6 Å². The lowest BCUT2D eigenvalue weighted by Gasteiger charge is -2.30. The lowest BCUT2D eigenvalue weighted by atomic mass is 10.1. The predicted molar refractivity (Wildman–Crippen MR) is 54.7 cm³/mol. The quantitative estimate of drug-likeness (QED) is 0.679. The lowest BCUT2D eigenvalue weighted by molar-refractivity contribution is -0.134. The summed E-state index contributed by atoms with van der Waals surface area (Å²) in [6.45, 7) is 3.19. The highest BCUT2D eigenvalue weighted by molar-refractivity contribution is 5.76. The van der Waals surface area contributed by atoms with Gasteiger partial charge in [-0.25, -0.2) is 0 Å². The topological polar surface area (TPSA) is 66.6 Å². The Balaban J connectivity index is 2.29. The van der Waals surface area contributed by atoms with Gasteiger partial charge < -0.3 is 15.7 Å². The Morgan fingerprint density at radius 2 is 2.43 bits per heavy atom. The summed E-state index contributed by atoms with van der Waals surface area (Å²) in [5.41, 5.74) is 5.58. The van der Waals surface area contributed by atoms with Crippen LogP contribution < -0.4 is 5.73 Å². The molecule has 0 spiro atoms. The first kappa shape index (κ1) is 11.5. The molecule has 0 aliphatic carbocycles. The van der Waals surface area contributed by atoms with Crippen molar-refractivity contribution in [3.8, 4) is 0 Å². The van der Waals surface area contributed by atoms with E-state index in [1.165, 1.54) is 0 Å². The molecule has 0 bridgehead atoms. The highest BCUT2D eigenvalue weighted by Gasteiger charge is 2.21. The van der Waals surface area contributed by atoms with Crippen molar-refractivity contribution in [1.82, 2.24) is 4.90 Å². The van der Waals surface area contributed by atoms with Gasteiger partial charge >= 0.3 is 0 Å². The molecule has 1 fully saturated rings. The maximum Gasteiger partial charge on any atom is 0.222 e. The SMILES string of the molecule is CC(N)CCC(=O)N1CCC[C@H](O)C1. The minimum absolute atomic E-state index is 0.0775. The van der Waals surface area contributed by atoms with Crippen LogP contribution in [0.5, 0.6) is 0 Å². The van der Waals surface area contributed by atoms with Gasteiger partial charge in [-0.3, -0.25) is 4.79 Å². The third-order valence-corrected chi connectivity index (χ3v) is 2.56. The number of carbonyl (C=O) groups is 1. The van der Waals surface area contributed by atoms with E-state index in [2.05, 4.69) is 0 Å². The first-order chi connectivity index (χ1) is 6.59. The largest absolute Gasteiger partial charge is 0.391 e. The fraction of sp³-hybridized carbons (Fsp3) is 0.900. The molecule has 14 heavy (non-hydrogen) atoms. The van der Waals surface area contributed by atoms with Crippen molar-refractivity contribution in [2.45, 2.75) is 44.8 Å². The molecule has 0 radical (unpaired) electrons. The van der Waals surface area contributed by atoms with Gasteiger partial charge in [0.1, 0.15) is 0 Å². The first-order valence-corrected chi connectivity index (χ1v) is 5.31. The number of rotatable bonds is 3. The number of piperidine rings is 1. The van der Waals surface area contributed by atoms with Gasteiger partial charge in [-0.2, -0.15) is 0 Å². The van der Waals surface area contributed by atoms with Crippen LogP contribution in [0.25, 0.3) is 0 Å². The molecule has 3 N–H and O–H groups in total. The van der Waals surface area contributed by atoms with Gasteiger partial charge in [0.05, 0.1) is 6.10 Å². The van der Waals surface area contributed by atoms with Crippen LogP contribution in [0.3, 0.4) is 0 Å². The number of nitrogens with zero attached hydrogens (tertiary/aromatic N) is 1. The summed E-state index contributed by atoms with van der Waals surface area (Å²) >= 11 is 0. The summed E-state index contributed by atoms with van der Waals surface area (Å²) in [5.74, 6) is 0.126. The van der Waals surface area contributed by atoms with Crippen molar-refractivity contribution in [3.63, 3.8) is 0 Å². The number of likely N-dealkylation sites (tertiary alicyclic amines) is 1. The maximum atomic E-state index is 11.6. The molecular weight excluding hydrogens is 180 g/mol. The number of amides is 1. The number of hydrogen-bond donors (Lipinski definition) is 2. The Hall–Kier alpha value is -0.610. The zero-order valence-corrected chi connectivity index (χ0v) is 8.78. The van der Waals surface area contributed by atoms with E-state index in [0.717, 1.165) is 25.8 Å². The summed E-state index contributed by atoms with van der Waals surface area (Å²) in [6.07, 6.45) is 2.63. The van der Waals surface area contributed by atoms with Gasteiger partial charge in [-0.1, -0.05) is 0 Å². The van der Waals surface area contributed by atoms with Gasteiger partial charge in [-0.15, -0.1) is 0 Å². The number of hydrogen-bond acceptors (Lipinski definition) is 3. The van der Waals surface area contributed by atoms with Crippen LogP contribution in [-0.2, 0) is 4.79 Å². The van der Waals surface area contributed by atoms with Gasteiger partial charge in [0.25, 0.3) is 0 Å². The molecular formula is C10H20N2O2. The fourth-order valence-electron chi connectivity index (χ4n) is 1.69. The minimum atomic E-state index is -0.331. The number of nitrogens with two attached hydrogens (primary N) is 1. The van der Waals surface area contributed by atoms with E-state index in [1.807, 2.05) is 6.92 Å². The second-order valence-electron chi connectivity index (χ2n) is 4.15. The normalized spacial score (nSPS) is 24.8. The Kier molecular flexibility index (Phi) is 4.35. The first-order valence-electron chi connectivity index (χ1n) is 5.31.